The Morgan fingerprint density at radius 3 is 2.88 bits per heavy atom. The Morgan fingerprint density at radius 1 is 1.59 bits per heavy atom. The number of hydrogen-bond acceptors (Lipinski definition) is 4. The van der Waals surface area contributed by atoms with Crippen LogP contribution in [0, 0.1) is 5.92 Å². The molecule has 92 valence electrons. The monoisotopic (exact) mass is 237 g/mol. The maximum atomic E-state index is 11.6. The summed E-state index contributed by atoms with van der Waals surface area (Å²) < 4.78 is 9.71. The third-order valence-electron chi connectivity index (χ3n) is 3.06. The third-order valence-corrected chi connectivity index (χ3v) is 3.06. The van der Waals surface area contributed by atoms with E-state index in [9.17, 15) is 9.59 Å². The molecule has 0 radical (unpaired) electrons. The predicted octanol–water partition coefficient (Wildman–Crippen LogP) is 1.71. The normalized spacial score (nSPS) is 18.8. The number of H-pyrrole nitrogens is 1. The molecule has 0 saturated heterocycles. The molecule has 2 rings (SSSR count). The van der Waals surface area contributed by atoms with Crippen LogP contribution in [0.25, 0.3) is 0 Å². The van der Waals surface area contributed by atoms with Crippen molar-refractivity contribution in [3.8, 4) is 0 Å². The van der Waals surface area contributed by atoms with Gasteiger partial charge in [0.2, 0.25) is 0 Å². The minimum Gasteiger partial charge on any atom is -0.464 e. The van der Waals surface area contributed by atoms with Crippen LogP contribution in [0.3, 0.4) is 0 Å². The van der Waals surface area contributed by atoms with E-state index in [0.717, 1.165) is 5.56 Å². The molecule has 0 amide bonds. The van der Waals surface area contributed by atoms with Gasteiger partial charge in [-0.15, -0.1) is 0 Å². The predicted molar refractivity (Wildman–Crippen MR) is 60.0 cm³/mol. The van der Waals surface area contributed by atoms with Gasteiger partial charge in [0, 0.05) is 5.92 Å². The van der Waals surface area contributed by atoms with Crippen molar-refractivity contribution in [2.24, 2.45) is 5.92 Å². The Bertz CT molecular complexity index is 461. The zero-order valence-corrected chi connectivity index (χ0v) is 10.1. The van der Waals surface area contributed by atoms with E-state index in [1.54, 1.807) is 6.07 Å². The minimum atomic E-state index is -0.477. The van der Waals surface area contributed by atoms with Crippen molar-refractivity contribution >= 4 is 11.9 Å². The van der Waals surface area contributed by atoms with Crippen LogP contribution >= 0.6 is 0 Å². The number of ether oxygens (including phenoxy) is 2. The number of fused-ring (bicyclic) bond motifs is 1. The van der Waals surface area contributed by atoms with Gasteiger partial charge in [-0.2, -0.15) is 0 Å². The van der Waals surface area contributed by atoms with Crippen molar-refractivity contribution < 1.29 is 19.1 Å². The summed E-state index contributed by atoms with van der Waals surface area (Å²) in [6.07, 6.45) is 0. The summed E-state index contributed by atoms with van der Waals surface area (Å²) in [5, 5.41) is 0. The zero-order valence-electron chi connectivity index (χ0n) is 10.1. The first-order chi connectivity index (χ1) is 8.04. The Labute approximate surface area is 99.1 Å². The number of nitrogens with one attached hydrogen (secondary N) is 1. The standard InChI is InChI=1S/C12H15NO4/c1-6(2)8-5-17-12(15)10-7(8)4-9(13-10)11(14)16-3/h4,6,8,13H,5H2,1-3H3/t8-/m1/s1. The topological polar surface area (TPSA) is 68.4 Å². The van der Waals surface area contributed by atoms with Crippen LogP contribution in [0.4, 0.5) is 0 Å². The van der Waals surface area contributed by atoms with E-state index in [0.29, 0.717) is 23.9 Å². The fourth-order valence-corrected chi connectivity index (χ4v) is 2.03. The Balaban J connectivity index is 2.44. The average Bonchev–Trinajstić information content (AvgIpc) is 2.73. The Morgan fingerprint density at radius 2 is 2.29 bits per heavy atom. The fourth-order valence-electron chi connectivity index (χ4n) is 2.03. The second-order valence-corrected chi connectivity index (χ2v) is 4.45. The number of aromatic amines is 1. The molecule has 0 aliphatic carbocycles. The number of esters is 2. The van der Waals surface area contributed by atoms with Crippen LogP contribution in [0.15, 0.2) is 6.07 Å². The molecule has 1 aromatic heterocycles. The molecule has 1 aliphatic rings. The van der Waals surface area contributed by atoms with Gasteiger partial charge in [-0.3, -0.25) is 0 Å². The van der Waals surface area contributed by atoms with Crippen molar-refractivity contribution in [2.75, 3.05) is 13.7 Å². The molecule has 1 aromatic rings. The lowest BCUT2D eigenvalue weighted by molar-refractivity contribution is 0.0409. The first-order valence-electron chi connectivity index (χ1n) is 5.53. The number of rotatable bonds is 2. The van der Waals surface area contributed by atoms with Crippen molar-refractivity contribution in [1.82, 2.24) is 4.98 Å². The number of cyclic esters (lactones) is 1. The largest absolute Gasteiger partial charge is 0.464 e. The van der Waals surface area contributed by atoms with Gasteiger partial charge in [-0.05, 0) is 17.5 Å². The maximum Gasteiger partial charge on any atom is 0.355 e. The van der Waals surface area contributed by atoms with Gasteiger partial charge in [-0.1, -0.05) is 13.8 Å². The number of hydrogen-bond donors (Lipinski definition) is 1. The maximum absolute atomic E-state index is 11.6. The molecule has 1 aliphatic heterocycles. The molecule has 0 bridgehead atoms. The molecule has 0 aromatic carbocycles. The van der Waals surface area contributed by atoms with Crippen molar-refractivity contribution in [1.29, 1.82) is 0 Å². The van der Waals surface area contributed by atoms with Crippen molar-refractivity contribution in [3.05, 3.63) is 23.0 Å². The van der Waals surface area contributed by atoms with E-state index in [1.807, 2.05) is 0 Å². The van der Waals surface area contributed by atoms with E-state index in [-0.39, 0.29) is 5.92 Å². The average molecular weight is 237 g/mol. The molecule has 17 heavy (non-hydrogen) atoms. The molecule has 1 atom stereocenters. The van der Waals surface area contributed by atoms with Crippen LogP contribution in [-0.2, 0) is 9.47 Å². The molecule has 0 fully saturated rings. The number of carbonyl (C=O) groups is 2. The van der Waals surface area contributed by atoms with Gasteiger partial charge < -0.3 is 14.5 Å². The molecule has 0 unspecified atom stereocenters. The van der Waals surface area contributed by atoms with E-state index in [4.69, 9.17) is 4.74 Å². The molecule has 0 spiro atoms. The highest BCUT2D eigenvalue weighted by atomic mass is 16.5. The molecular weight excluding hydrogens is 222 g/mol. The molecule has 2 heterocycles. The van der Waals surface area contributed by atoms with E-state index < -0.39 is 11.9 Å². The minimum absolute atomic E-state index is 0.123. The summed E-state index contributed by atoms with van der Waals surface area (Å²) in [4.78, 5) is 25.8. The summed E-state index contributed by atoms with van der Waals surface area (Å²) in [6, 6.07) is 1.69. The van der Waals surface area contributed by atoms with Crippen molar-refractivity contribution in [2.45, 2.75) is 19.8 Å². The number of aromatic nitrogens is 1. The van der Waals surface area contributed by atoms with Gasteiger partial charge in [0.25, 0.3) is 0 Å². The first-order valence-corrected chi connectivity index (χ1v) is 5.53. The summed E-state index contributed by atoms with van der Waals surface area (Å²) in [5.74, 6) is -0.428. The highest BCUT2D eigenvalue weighted by molar-refractivity contribution is 5.95. The zero-order chi connectivity index (χ0) is 12.6. The van der Waals surface area contributed by atoms with E-state index in [1.165, 1.54) is 7.11 Å². The number of carbonyl (C=O) groups excluding carboxylic acids is 2. The lowest BCUT2D eigenvalue weighted by Crippen LogP contribution is -2.24. The number of methoxy groups -OCH3 is 1. The van der Waals surface area contributed by atoms with Crippen LogP contribution in [0.2, 0.25) is 0 Å². The third kappa shape index (κ3) is 1.92. The summed E-state index contributed by atoms with van der Waals surface area (Å²) >= 11 is 0. The quantitative estimate of drug-likeness (QED) is 0.795. The van der Waals surface area contributed by atoms with Crippen LogP contribution < -0.4 is 0 Å². The Hall–Kier alpha value is -1.78. The second kappa shape index (κ2) is 4.24. The van der Waals surface area contributed by atoms with Gasteiger partial charge in [-0.25, -0.2) is 9.59 Å². The lowest BCUT2D eigenvalue weighted by atomic mass is 9.87. The van der Waals surface area contributed by atoms with Gasteiger partial charge >= 0.3 is 11.9 Å². The smallest absolute Gasteiger partial charge is 0.355 e. The SMILES string of the molecule is COC(=O)c1cc2c([nH]1)C(=O)OC[C@@H]2C(C)C. The fraction of sp³-hybridized carbons (Fsp3) is 0.500. The van der Waals surface area contributed by atoms with E-state index in [2.05, 4.69) is 23.6 Å². The summed E-state index contributed by atoms with van der Waals surface area (Å²) in [6.45, 7) is 4.47. The van der Waals surface area contributed by atoms with E-state index >= 15 is 0 Å². The van der Waals surface area contributed by atoms with Gasteiger partial charge in [0.05, 0.1) is 13.7 Å². The first kappa shape index (κ1) is 11.7. The van der Waals surface area contributed by atoms with Crippen LogP contribution in [0.5, 0.6) is 0 Å². The summed E-state index contributed by atoms with van der Waals surface area (Å²) in [7, 11) is 1.31. The molecule has 5 heteroatoms. The molecule has 1 N–H and O–H groups in total. The Kier molecular flexibility index (Phi) is 2.92. The lowest BCUT2D eigenvalue weighted by Gasteiger charge is -2.24. The highest BCUT2D eigenvalue weighted by Crippen LogP contribution is 2.32. The van der Waals surface area contributed by atoms with Crippen molar-refractivity contribution in [3.63, 3.8) is 0 Å². The second-order valence-electron chi connectivity index (χ2n) is 4.45. The summed E-state index contributed by atoms with van der Waals surface area (Å²) in [5.41, 5.74) is 1.51. The molecular formula is C12H15NO4. The van der Waals surface area contributed by atoms with Crippen LogP contribution in [-0.4, -0.2) is 30.6 Å². The van der Waals surface area contributed by atoms with Crippen LogP contribution in [0.1, 0.15) is 46.3 Å². The highest BCUT2D eigenvalue weighted by Gasteiger charge is 2.32. The molecule has 5 nitrogen and oxygen atoms in total. The van der Waals surface area contributed by atoms with Gasteiger partial charge in [0.1, 0.15) is 11.4 Å². The molecule has 0 saturated carbocycles. The van der Waals surface area contributed by atoms with Gasteiger partial charge in [0.15, 0.2) is 0 Å².